The monoisotopic (exact) mass is 329 g/mol. The van der Waals surface area contributed by atoms with E-state index in [4.69, 9.17) is 9.47 Å². The normalized spacial score (nSPS) is 10.7. The predicted molar refractivity (Wildman–Crippen MR) is 93.0 cm³/mol. The Labute approximate surface area is 142 Å². The van der Waals surface area contributed by atoms with E-state index in [1.807, 2.05) is 42.5 Å². The van der Waals surface area contributed by atoms with Gasteiger partial charge < -0.3 is 14.7 Å². The van der Waals surface area contributed by atoms with E-state index in [0.29, 0.717) is 36.6 Å². The highest BCUT2D eigenvalue weighted by Gasteiger charge is 2.14. The summed E-state index contributed by atoms with van der Waals surface area (Å²) in [5.74, 6) is 1.39. The second-order valence-electron chi connectivity index (χ2n) is 5.55. The summed E-state index contributed by atoms with van der Waals surface area (Å²) in [7, 11) is 3.20. The fourth-order valence-corrected chi connectivity index (χ4v) is 2.47. The molecule has 0 radical (unpaired) electrons. The van der Waals surface area contributed by atoms with Crippen molar-refractivity contribution in [2.75, 3.05) is 27.3 Å². The topological polar surface area (TPSA) is 59.0 Å². The number of hydroxylamine groups is 2. The SMILES string of the molecule is COc1ccc(OCCCN(C)O)c(-c2ccccc2C(C)=O)c1. The van der Waals surface area contributed by atoms with Crippen molar-refractivity contribution < 1.29 is 19.5 Å². The molecule has 128 valence electrons. The third kappa shape index (κ3) is 4.57. The highest BCUT2D eigenvalue weighted by Crippen LogP contribution is 2.35. The number of hydrogen-bond donors (Lipinski definition) is 1. The quantitative estimate of drug-likeness (QED) is 0.455. The summed E-state index contributed by atoms with van der Waals surface area (Å²) in [5.41, 5.74) is 2.28. The molecule has 0 spiro atoms. The maximum absolute atomic E-state index is 11.9. The fourth-order valence-electron chi connectivity index (χ4n) is 2.47. The third-order valence-corrected chi connectivity index (χ3v) is 3.67. The number of ether oxygens (including phenoxy) is 2. The molecule has 0 amide bonds. The molecule has 0 aliphatic carbocycles. The lowest BCUT2D eigenvalue weighted by atomic mass is 9.96. The van der Waals surface area contributed by atoms with Crippen molar-refractivity contribution in [3.63, 3.8) is 0 Å². The number of Topliss-reactive ketones (excluding diaryl/α,β-unsaturated/α-hetero) is 1. The Morgan fingerprint density at radius 2 is 1.92 bits per heavy atom. The summed E-state index contributed by atoms with van der Waals surface area (Å²) >= 11 is 0. The van der Waals surface area contributed by atoms with Gasteiger partial charge in [-0.05, 0) is 37.1 Å². The minimum absolute atomic E-state index is 0.00118. The van der Waals surface area contributed by atoms with Crippen LogP contribution >= 0.6 is 0 Å². The van der Waals surface area contributed by atoms with E-state index in [0.717, 1.165) is 16.2 Å². The van der Waals surface area contributed by atoms with Crippen molar-refractivity contribution >= 4 is 5.78 Å². The first kappa shape index (κ1) is 18.0. The van der Waals surface area contributed by atoms with Gasteiger partial charge in [0.25, 0.3) is 0 Å². The van der Waals surface area contributed by atoms with Crippen LogP contribution in [0.25, 0.3) is 11.1 Å². The molecule has 24 heavy (non-hydrogen) atoms. The standard InChI is InChI=1S/C19H23NO4/c1-14(21)16-7-4-5-8-17(16)18-13-15(23-3)9-10-19(18)24-12-6-11-20(2)22/h4-5,7-10,13,22H,6,11-12H2,1-3H3. The molecule has 5 heteroatoms. The van der Waals surface area contributed by atoms with Gasteiger partial charge in [-0.1, -0.05) is 24.3 Å². The first-order valence-electron chi connectivity index (χ1n) is 7.84. The lowest BCUT2D eigenvalue weighted by molar-refractivity contribution is -0.0669. The van der Waals surface area contributed by atoms with Gasteiger partial charge in [0, 0.05) is 24.7 Å². The molecule has 1 N–H and O–H groups in total. The fraction of sp³-hybridized carbons (Fsp3) is 0.316. The minimum Gasteiger partial charge on any atom is -0.497 e. The van der Waals surface area contributed by atoms with Crippen LogP contribution in [0.2, 0.25) is 0 Å². The first-order valence-corrected chi connectivity index (χ1v) is 7.84. The Morgan fingerprint density at radius 3 is 2.58 bits per heavy atom. The summed E-state index contributed by atoms with van der Waals surface area (Å²) in [6.07, 6.45) is 0.687. The average Bonchev–Trinajstić information content (AvgIpc) is 2.58. The van der Waals surface area contributed by atoms with Crippen LogP contribution in [0.1, 0.15) is 23.7 Å². The zero-order chi connectivity index (χ0) is 17.5. The van der Waals surface area contributed by atoms with E-state index in [-0.39, 0.29) is 5.78 Å². The minimum atomic E-state index is 0.00118. The van der Waals surface area contributed by atoms with Crippen LogP contribution in [0.15, 0.2) is 42.5 Å². The lowest BCUT2D eigenvalue weighted by Crippen LogP contribution is -2.16. The van der Waals surface area contributed by atoms with Crippen LogP contribution in [0, 0.1) is 0 Å². The van der Waals surface area contributed by atoms with Crippen molar-refractivity contribution in [1.82, 2.24) is 5.06 Å². The zero-order valence-corrected chi connectivity index (χ0v) is 14.3. The van der Waals surface area contributed by atoms with Crippen LogP contribution in [-0.4, -0.2) is 43.4 Å². The summed E-state index contributed by atoms with van der Waals surface area (Å²) in [4.78, 5) is 11.9. The summed E-state index contributed by atoms with van der Waals surface area (Å²) < 4.78 is 11.2. The molecule has 0 aliphatic rings. The molecular formula is C19H23NO4. The van der Waals surface area contributed by atoms with E-state index in [1.165, 1.54) is 0 Å². The molecule has 5 nitrogen and oxygen atoms in total. The Bertz CT molecular complexity index is 698. The molecule has 2 rings (SSSR count). The molecule has 0 aliphatic heterocycles. The number of nitrogens with zero attached hydrogens (tertiary/aromatic N) is 1. The van der Waals surface area contributed by atoms with Crippen LogP contribution in [0.4, 0.5) is 0 Å². The molecule has 0 unspecified atom stereocenters. The summed E-state index contributed by atoms with van der Waals surface area (Å²) in [6, 6.07) is 13.0. The number of hydrogen-bond acceptors (Lipinski definition) is 5. The van der Waals surface area contributed by atoms with Gasteiger partial charge in [-0.2, -0.15) is 5.06 Å². The molecule has 2 aromatic carbocycles. The maximum atomic E-state index is 11.9. The smallest absolute Gasteiger partial charge is 0.160 e. The lowest BCUT2D eigenvalue weighted by Gasteiger charge is -2.15. The molecule has 0 heterocycles. The second kappa shape index (κ2) is 8.47. The van der Waals surface area contributed by atoms with Gasteiger partial charge in [0.1, 0.15) is 11.5 Å². The van der Waals surface area contributed by atoms with Gasteiger partial charge >= 0.3 is 0 Å². The summed E-state index contributed by atoms with van der Waals surface area (Å²) in [5, 5.41) is 10.3. The van der Waals surface area contributed by atoms with Gasteiger partial charge in [-0.25, -0.2) is 0 Å². The molecule has 0 atom stereocenters. The number of carbonyl (C=O) groups excluding carboxylic acids is 1. The van der Waals surface area contributed by atoms with Crippen molar-refractivity contribution in [2.45, 2.75) is 13.3 Å². The Hall–Kier alpha value is -2.37. The van der Waals surface area contributed by atoms with Crippen molar-refractivity contribution in [3.05, 3.63) is 48.0 Å². The molecule has 0 fully saturated rings. The first-order chi connectivity index (χ1) is 11.5. The van der Waals surface area contributed by atoms with Crippen molar-refractivity contribution in [2.24, 2.45) is 0 Å². The largest absolute Gasteiger partial charge is 0.497 e. The molecule has 0 bridgehead atoms. The molecular weight excluding hydrogens is 306 g/mol. The Balaban J connectivity index is 2.35. The van der Waals surface area contributed by atoms with E-state index in [9.17, 15) is 10.0 Å². The van der Waals surface area contributed by atoms with Gasteiger partial charge in [-0.3, -0.25) is 4.79 Å². The Kier molecular flexibility index (Phi) is 6.35. The third-order valence-electron chi connectivity index (χ3n) is 3.67. The van der Waals surface area contributed by atoms with Crippen molar-refractivity contribution in [3.8, 4) is 22.6 Å². The maximum Gasteiger partial charge on any atom is 0.160 e. The average molecular weight is 329 g/mol. The van der Waals surface area contributed by atoms with E-state index in [1.54, 1.807) is 21.1 Å². The number of benzene rings is 2. The van der Waals surface area contributed by atoms with Gasteiger partial charge in [0.15, 0.2) is 5.78 Å². The van der Waals surface area contributed by atoms with Crippen LogP contribution in [0.3, 0.4) is 0 Å². The highest BCUT2D eigenvalue weighted by atomic mass is 16.5. The summed E-state index contributed by atoms with van der Waals surface area (Å²) in [6.45, 7) is 2.54. The number of methoxy groups -OCH3 is 1. The van der Waals surface area contributed by atoms with Crippen LogP contribution in [-0.2, 0) is 0 Å². The highest BCUT2D eigenvalue weighted by molar-refractivity contribution is 6.01. The Morgan fingerprint density at radius 1 is 1.17 bits per heavy atom. The second-order valence-corrected chi connectivity index (χ2v) is 5.55. The molecule has 2 aromatic rings. The van der Waals surface area contributed by atoms with Gasteiger partial charge in [-0.15, -0.1) is 0 Å². The number of rotatable bonds is 8. The van der Waals surface area contributed by atoms with Gasteiger partial charge in [0.2, 0.25) is 0 Å². The van der Waals surface area contributed by atoms with Crippen LogP contribution < -0.4 is 9.47 Å². The molecule has 0 saturated heterocycles. The van der Waals surface area contributed by atoms with Crippen molar-refractivity contribution in [1.29, 1.82) is 0 Å². The van der Waals surface area contributed by atoms with E-state index >= 15 is 0 Å². The predicted octanol–water partition coefficient (Wildman–Crippen LogP) is 3.65. The molecule has 0 saturated carbocycles. The number of ketones is 1. The van der Waals surface area contributed by atoms with E-state index < -0.39 is 0 Å². The van der Waals surface area contributed by atoms with Gasteiger partial charge in [0.05, 0.1) is 13.7 Å². The number of carbonyl (C=O) groups is 1. The van der Waals surface area contributed by atoms with E-state index in [2.05, 4.69) is 0 Å². The zero-order valence-electron chi connectivity index (χ0n) is 14.3. The molecule has 0 aromatic heterocycles. The van der Waals surface area contributed by atoms with Crippen LogP contribution in [0.5, 0.6) is 11.5 Å².